The summed E-state index contributed by atoms with van der Waals surface area (Å²) < 4.78 is 0. The fourth-order valence-corrected chi connectivity index (χ4v) is 1.31. The van der Waals surface area contributed by atoms with Crippen molar-refractivity contribution in [2.45, 2.75) is 6.92 Å². The lowest BCUT2D eigenvalue weighted by molar-refractivity contribution is -0.384. The van der Waals surface area contributed by atoms with Gasteiger partial charge in [-0.05, 0) is 12.1 Å². The quantitative estimate of drug-likeness (QED) is 0.467. The number of benzene rings is 1. The molecule has 0 radical (unpaired) electrons. The molecule has 0 unspecified atom stereocenters. The maximum absolute atomic E-state index is 10.8. The van der Waals surface area contributed by atoms with Crippen LogP contribution in [0, 0.1) is 10.1 Å². The monoisotopic (exact) mass is 235 g/mol. The molecular weight excluding hydrogens is 222 g/mol. The largest absolute Gasteiger partial charge is 0.393 e. The number of hydrogen-bond donors (Lipinski definition) is 2. The van der Waals surface area contributed by atoms with E-state index in [0.29, 0.717) is 12.1 Å². The van der Waals surface area contributed by atoms with Crippen molar-refractivity contribution in [3.8, 4) is 0 Å². The number of anilines is 1. The smallest absolute Gasteiger partial charge is 0.299 e. The number of nitrogens with one attached hydrogen (secondary N) is 1. The molecule has 6 heteroatoms. The summed E-state index contributed by atoms with van der Waals surface area (Å²) >= 11 is 0. The van der Waals surface area contributed by atoms with Crippen LogP contribution in [0.2, 0.25) is 0 Å². The zero-order valence-corrected chi connectivity index (χ0v) is 9.34. The molecule has 0 aliphatic heterocycles. The SMILES string of the molecule is CC(=O)NCC=Cc1cccc(N)c1[N+](=O)[O-]. The van der Waals surface area contributed by atoms with Gasteiger partial charge in [0.05, 0.1) is 10.5 Å². The molecule has 0 saturated carbocycles. The summed E-state index contributed by atoms with van der Waals surface area (Å²) in [6.45, 7) is 1.72. The molecule has 3 N–H and O–H groups in total. The lowest BCUT2D eigenvalue weighted by Crippen LogP contribution is -2.19. The first-order valence-electron chi connectivity index (χ1n) is 4.96. The van der Waals surface area contributed by atoms with Gasteiger partial charge < -0.3 is 11.1 Å². The molecule has 6 nitrogen and oxygen atoms in total. The summed E-state index contributed by atoms with van der Waals surface area (Å²) in [5.41, 5.74) is 5.95. The molecule has 1 rings (SSSR count). The van der Waals surface area contributed by atoms with Crippen molar-refractivity contribution in [3.63, 3.8) is 0 Å². The van der Waals surface area contributed by atoms with Gasteiger partial charge in [0.2, 0.25) is 5.91 Å². The van der Waals surface area contributed by atoms with E-state index >= 15 is 0 Å². The fraction of sp³-hybridized carbons (Fsp3) is 0.182. The zero-order chi connectivity index (χ0) is 12.8. The number of nitro groups is 1. The van der Waals surface area contributed by atoms with E-state index in [1.165, 1.54) is 13.0 Å². The van der Waals surface area contributed by atoms with Gasteiger partial charge in [-0.3, -0.25) is 14.9 Å². The highest BCUT2D eigenvalue weighted by atomic mass is 16.6. The molecule has 0 spiro atoms. The normalized spacial score (nSPS) is 10.4. The molecule has 0 aliphatic rings. The molecule has 1 aromatic rings. The summed E-state index contributed by atoms with van der Waals surface area (Å²) in [5.74, 6) is -0.156. The highest BCUT2D eigenvalue weighted by Crippen LogP contribution is 2.26. The Labute approximate surface area is 98.3 Å². The number of nitrogens with zero attached hydrogens (tertiary/aromatic N) is 1. The maximum Gasteiger partial charge on any atom is 0.299 e. The van der Waals surface area contributed by atoms with Gasteiger partial charge >= 0.3 is 0 Å². The molecule has 0 saturated heterocycles. The first-order chi connectivity index (χ1) is 8.02. The number of rotatable bonds is 4. The highest BCUT2D eigenvalue weighted by molar-refractivity contribution is 5.74. The predicted octanol–water partition coefficient (Wildman–Crippen LogP) is 1.33. The Kier molecular flexibility index (Phi) is 4.21. The third-order valence-electron chi connectivity index (χ3n) is 2.05. The summed E-state index contributed by atoms with van der Waals surface area (Å²) in [6, 6.07) is 4.71. The molecule has 0 atom stereocenters. The van der Waals surface area contributed by atoms with E-state index in [-0.39, 0.29) is 17.3 Å². The van der Waals surface area contributed by atoms with Crippen molar-refractivity contribution in [2.75, 3.05) is 12.3 Å². The number of nitrogens with two attached hydrogens (primary N) is 1. The van der Waals surface area contributed by atoms with Crippen LogP contribution in [0.5, 0.6) is 0 Å². The van der Waals surface area contributed by atoms with Crippen molar-refractivity contribution in [1.29, 1.82) is 0 Å². The van der Waals surface area contributed by atoms with Crippen LogP contribution in [-0.4, -0.2) is 17.4 Å². The van der Waals surface area contributed by atoms with Crippen LogP contribution < -0.4 is 11.1 Å². The van der Waals surface area contributed by atoms with Gasteiger partial charge in [-0.2, -0.15) is 0 Å². The Morgan fingerprint density at radius 1 is 1.59 bits per heavy atom. The lowest BCUT2D eigenvalue weighted by atomic mass is 10.1. The Hall–Kier alpha value is -2.37. The van der Waals surface area contributed by atoms with E-state index in [4.69, 9.17) is 5.73 Å². The van der Waals surface area contributed by atoms with E-state index < -0.39 is 4.92 Å². The molecule has 0 aromatic heterocycles. The van der Waals surface area contributed by atoms with E-state index in [0.717, 1.165) is 0 Å². The van der Waals surface area contributed by atoms with Gasteiger partial charge in [-0.1, -0.05) is 18.2 Å². The fourth-order valence-electron chi connectivity index (χ4n) is 1.31. The minimum atomic E-state index is -0.520. The summed E-state index contributed by atoms with van der Waals surface area (Å²) in [7, 11) is 0. The van der Waals surface area contributed by atoms with Crippen LogP contribution in [0.3, 0.4) is 0 Å². The number of nitro benzene ring substituents is 1. The van der Waals surface area contributed by atoms with Crippen LogP contribution in [0.25, 0.3) is 6.08 Å². The van der Waals surface area contributed by atoms with Crippen LogP contribution >= 0.6 is 0 Å². The van der Waals surface area contributed by atoms with E-state index in [2.05, 4.69) is 5.32 Å². The van der Waals surface area contributed by atoms with Gasteiger partial charge in [-0.25, -0.2) is 0 Å². The Morgan fingerprint density at radius 2 is 2.29 bits per heavy atom. The van der Waals surface area contributed by atoms with Crippen LogP contribution in [0.1, 0.15) is 12.5 Å². The second-order valence-corrected chi connectivity index (χ2v) is 3.38. The van der Waals surface area contributed by atoms with Gasteiger partial charge in [-0.15, -0.1) is 0 Å². The second kappa shape index (κ2) is 5.64. The minimum Gasteiger partial charge on any atom is -0.393 e. The molecular formula is C11H13N3O3. The van der Waals surface area contributed by atoms with Crippen molar-refractivity contribution in [1.82, 2.24) is 5.32 Å². The zero-order valence-electron chi connectivity index (χ0n) is 9.34. The molecule has 0 fully saturated rings. The molecule has 17 heavy (non-hydrogen) atoms. The van der Waals surface area contributed by atoms with Gasteiger partial charge in [0.25, 0.3) is 5.69 Å². The molecule has 0 aliphatic carbocycles. The van der Waals surface area contributed by atoms with Crippen LogP contribution in [0.4, 0.5) is 11.4 Å². The number of para-hydroxylation sites is 1. The maximum atomic E-state index is 10.8. The first-order valence-corrected chi connectivity index (χ1v) is 4.96. The average Bonchev–Trinajstić information content (AvgIpc) is 2.23. The second-order valence-electron chi connectivity index (χ2n) is 3.38. The van der Waals surface area contributed by atoms with Crippen molar-refractivity contribution in [3.05, 3.63) is 40.0 Å². The summed E-state index contributed by atoms with van der Waals surface area (Å²) in [5, 5.41) is 13.4. The molecule has 90 valence electrons. The first kappa shape index (κ1) is 12.7. The minimum absolute atomic E-state index is 0.119. The van der Waals surface area contributed by atoms with Crippen molar-refractivity contribution >= 4 is 23.4 Å². The Morgan fingerprint density at radius 3 is 2.88 bits per heavy atom. The Bertz CT molecular complexity index is 469. The van der Waals surface area contributed by atoms with Crippen molar-refractivity contribution < 1.29 is 9.72 Å². The standard InChI is InChI=1S/C11H13N3O3/c1-8(15)13-7-3-5-9-4-2-6-10(12)11(9)14(16)17/h2-6H,7,12H2,1H3,(H,13,15). The number of carbonyl (C=O) groups excluding carboxylic acids is 1. The third kappa shape index (κ3) is 3.60. The van der Waals surface area contributed by atoms with Gasteiger partial charge in [0.15, 0.2) is 0 Å². The summed E-state index contributed by atoms with van der Waals surface area (Å²) in [4.78, 5) is 20.9. The molecule has 1 aromatic carbocycles. The van der Waals surface area contributed by atoms with E-state index in [1.807, 2.05) is 0 Å². The predicted molar refractivity (Wildman–Crippen MR) is 65.2 cm³/mol. The van der Waals surface area contributed by atoms with Gasteiger partial charge in [0, 0.05) is 13.5 Å². The van der Waals surface area contributed by atoms with Crippen LogP contribution in [-0.2, 0) is 4.79 Å². The van der Waals surface area contributed by atoms with Gasteiger partial charge in [0.1, 0.15) is 5.69 Å². The number of nitrogen functional groups attached to an aromatic ring is 1. The van der Waals surface area contributed by atoms with E-state index in [9.17, 15) is 14.9 Å². The van der Waals surface area contributed by atoms with Crippen molar-refractivity contribution in [2.24, 2.45) is 0 Å². The molecule has 0 heterocycles. The number of carbonyl (C=O) groups is 1. The number of amides is 1. The number of hydrogen-bond acceptors (Lipinski definition) is 4. The summed E-state index contributed by atoms with van der Waals surface area (Å²) in [6.07, 6.45) is 3.19. The topological polar surface area (TPSA) is 98.3 Å². The molecule has 1 amide bonds. The third-order valence-corrected chi connectivity index (χ3v) is 2.05. The Balaban J connectivity index is 2.87. The average molecular weight is 235 g/mol. The lowest BCUT2D eigenvalue weighted by Gasteiger charge is -2.00. The van der Waals surface area contributed by atoms with Crippen LogP contribution in [0.15, 0.2) is 24.3 Å². The molecule has 0 bridgehead atoms. The van der Waals surface area contributed by atoms with E-state index in [1.54, 1.807) is 24.3 Å². The highest BCUT2D eigenvalue weighted by Gasteiger charge is 2.14.